The fourth-order valence-corrected chi connectivity index (χ4v) is 1.60. The van der Waals surface area contributed by atoms with Gasteiger partial charge < -0.3 is 14.9 Å². The summed E-state index contributed by atoms with van der Waals surface area (Å²) < 4.78 is 4.92. The third-order valence-electron chi connectivity index (χ3n) is 2.26. The molecule has 0 aliphatic carbocycles. The monoisotopic (exact) mass is 264 g/mol. The van der Waals surface area contributed by atoms with E-state index in [1.807, 2.05) is 0 Å². The number of carbonyl (C=O) groups excluding carboxylic acids is 1. The first-order chi connectivity index (χ1) is 8.59. The highest BCUT2D eigenvalue weighted by Gasteiger charge is 2.16. The van der Waals surface area contributed by atoms with Crippen LogP contribution in [-0.2, 0) is 0 Å². The number of aromatic hydroxyl groups is 2. The fourth-order valence-electron chi connectivity index (χ4n) is 1.39. The van der Waals surface area contributed by atoms with Gasteiger partial charge in [-0.3, -0.25) is 0 Å². The van der Waals surface area contributed by atoms with Gasteiger partial charge in [-0.1, -0.05) is 29.8 Å². The quantitative estimate of drug-likeness (QED) is 0.646. The normalized spacial score (nSPS) is 10.1. The molecule has 0 spiro atoms. The zero-order valence-corrected chi connectivity index (χ0v) is 9.89. The molecule has 0 aliphatic heterocycles. The van der Waals surface area contributed by atoms with Crippen LogP contribution in [0.5, 0.6) is 17.2 Å². The average molecular weight is 265 g/mol. The minimum absolute atomic E-state index is 0.154. The molecule has 18 heavy (non-hydrogen) atoms. The molecular weight excluding hydrogens is 256 g/mol. The zero-order valence-electron chi connectivity index (χ0n) is 9.13. The van der Waals surface area contributed by atoms with E-state index in [0.29, 0.717) is 0 Å². The summed E-state index contributed by atoms with van der Waals surface area (Å²) in [5.74, 6) is -1.69. The van der Waals surface area contributed by atoms with Gasteiger partial charge in [0.25, 0.3) is 0 Å². The van der Waals surface area contributed by atoms with Gasteiger partial charge in [0, 0.05) is 0 Å². The van der Waals surface area contributed by atoms with Crippen molar-refractivity contribution in [3.05, 3.63) is 53.1 Å². The first-order valence-corrected chi connectivity index (χ1v) is 5.45. The Morgan fingerprint density at radius 3 is 2.22 bits per heavy atom. The van der Waals surface area contributed by atoms with Crippen molar-refractivity contribution in [2.75, 3.05) is 0 Å². The maximum atomic E-state index is 11.8. The molecule has 2 aromatic carbocycles. The van der Waals surface area contributed by atoms with Crippen LogP contribution in [0.2, 0.25) is 5.02 Å². The van der Waals surface area contributed by atoms with Crippen molar-refractivity contribution in [1.29, 1.82) is 0 Å². The molecule has 92 valence electrons. The predicted molar refractivity (Wildman–Crippen MR) is 66.2 cm³/mol. The average Bonchev–Trinajstić information content (AvgIpc) is 2.34. The van der Waals surface area contributed by atoms with Crippen molar-refractivity contribution in [2.45, 2.75) is 0 Å². The Bertz CT molecular complexity index is 575. The van der Waals surface area contributed by atoms with Crippen LogP contribution >= 0.6 is 11.6 Å². The topological polar surface area (TPSA) is 66.8 Å². The van der Waals surface area contributed by atoms with Gasteiger partial charge >= 0.3 is 5.97 Å². The molecule has 0 aromatic heterocycles. The van der Waals surface area contributed by atoms with E-state index in [-0.39, 0.29) is 27.8 Å². The van der Waals surface area contributed by atoms with Gasteiger partial charge in [-0.25, -0.2) is 4.79 Å². The van der Waals surface area contributed by atoms with Crippen LogP contribution in [0.4, 0.5) is 0 Å². The van der Waals surface area contributed by atoms with E-state index in [4.69, 9.17) is 16.3 Å². The molecule has 0 radical (unpaired) electrons. The Morgan fingerprint density at radius 1 is 1.00 bits per heavy atom. The van der Waals surface area contributed by atoms with Crippen molar-refractivity contribution in [2.24, 2.45) is 0 Å². The van der Waals surface area contributed by atoms with E-state index >= 15 is 0 Å². The van der Waals surface area contributed by atoms with Gasteiger partial charge in [0.15, 0.2) is 11.5 Å². The summed E-state index contributed by atoms with van der Waals surface area (Å²) in [6.45, 7) is 0. The van der Waals surface area contributed by atoms with Gasteiger partial charge in [0.1, 0.15) is 0 Å². The highest BCUT2D eigenvalue weighted by molar-refractivity contribution is 6.33. The summed E-state index contributed by atoms with van der Waals surface area (Å²) in [6.07, 6.45) is 0. The minimum Gasteiger partial charge on any atom is -0.504 e. The van der Waals surface area contributed by atoms with Crippen LogP contribution in [0.15, 0.2) is 42.5 Å². The number of phenolic OH excluding ortho intramolecular Hbond substituents is 2. The molecule has 2 N–H and O–H groups in total. The molecule has 2 aromatic rings. The van der Waals surface area contributed by atoms with E-state index in [2.05, 4.69) is 0 Å². The number of para-hydroxylation sites is 1. The van der Waals surface area contributed by atoms with Crippen LogP contribution in [0.25, 0.3) is 0 Å². The lowest BCUT2D eigenvalue weighted by molar-refractivity contribution is 0.0724. The molecule has 2 rings (SSSR count). The SMILES string of the molecule is O=C(Oc1c(O)cccc1O)c1ccccc1Cl. The van der Waals surface area contributed by atoms with Crippen molar-refractivity contribution in [1.82, 2.24) is 0 Å². The predicted octanol–water partition coefficient (Wildman–Crippen LogP) is 2.97. The number of benzene rings is 2. The Morgan fingerprint density at radius 2 is 1.61 bits per heavy atom. The number of halogens is 1. The first kappa shape index (κ1) is 12.3. The van der Waals surface area contributed by atoms with Crippen LogP contribution in [0.3, 0.4) is 0 Å². The van der Waals surface area contributed by atoms with E-state index in [1.54, 1.807) is 18.2 Å². The van der Waals surface area contributed by atoms with E-state index in [0.717, 1.165) is 0 Å². The smallest absolute Gasteiger partial charge is 0.345 e. The summed E-state index contributed by atoms with van der Waals surface area (Å²) in [5, 5.41) is 19.2. The van der Waals surface area contributed by atoms with Gasteiger partial charge in [-0.2, -0.15) is 0 Å². The molecule has 0 atom stereocenters. The number of ether oxygens (including phenoxy) is 1. The highest BCUT2D eigenvalue weighted by atomic mass is 35.5. The van der Waals surface area contributed by atoms with Crippen molar-refractivity contribution < 1.29 is 19.7 Å². The van der Waals surface area contributed by atoms with Crippen molar-refractivity contribution in [3.8, 4) is 17.2 Å². The Hall–Kier alpha value is -2.20. The fraction of sp³-hybridized carbons (Fsp3) is 0. The molecular formula is C13H9ClO4. The first-order valence-electron chi connectivity index (χ1n) is 5.07. The lowest BCUT2D eigenvalue weighted by Gasteiger charge is -2.08. The third kappa shape index (κ3) is 2.38. The van der Waals surface area contributed by atoms with Crippen LogP contribution in [0.1, 0.15) is 10.4 Å². The molecule has 0 bridgehead atoms. The van der Waals surface area contributed by atoms with E-state index in [1.165, 1.54) is 24.3 Å². The molecule has 0 aliphatic rings. The Balaban J connectivity index is 2.30. The number of carbonyl (C=O) groups is 1. The molecule has 0 heterocycles. The van der Waals surface area contributed by atoms with Gasteiger partial charge in [-0.15, -0.1) is 0 Å². The molecule has 0 saturated carbocycles. The second-order valence-corrected chi connectivity index (χ2v) is 3.90. The van der Waals surface area contributed by atoms with Crippen LogP contribution in [-0.4, -0.2) is 16.2 Å². The molecule has 0 saturated heterocycles. The van der Waals surface area contributed by atoms with E-state index < -0.39 is 5.97 Å². The molecule has 0 fully saturated rings. The van der Waals surface area contributed by atoms with Crippen LogP contribution in [0, 0.1) is 0 Å². The number of hydrogen-bond donors (Lipinski definition) is 2. The van der Waals surface area contributed by atoms with Gasteiger partial charge in [0.05, 0.1) is 10.6 Å². The maximum Gasteiger partial charge on any atom is 0.345 e. The zero-order chi connectivity index (χ0) is 13.1. The molecule has 0 amide bonds. The van der Waals surface area contributed by atoms with Crippen molar-refractivity contribution in [3.63, 3.8) is 0 Å². The summed E-state index contributed by atoms with van der Waals surface area (Å²) in [5.41, 5.74) is 0.154. The third-order valence-corrected chi connectivity index (χ3v) is 2.59. The van der Waals surface area contributed by atoms with E-state index in [9.17, 15) is 15.0 Å². The second kappa shape index (κ2) is 4.98. The summed E-state index contributed by atoms with van der Waals surface area (Å²) >= 11 is 5.84. The number of esters is 1. The summed E-state index contributed by atoms with van der Waals surface area (Å²) in [4.78, 5) is 11.8. The molecule has 4 nitrogen and oxygen atoms in total. The lowest BCUT2D eigenvalue weighted by Crippen LogP contribution is -2.09. The molecule has 5 heteroatoms. The van der Waals surface area contributed by atoms with Gasteiger partial charge in [0.2, 0.25) is 5.75 Å². The minimum atomic E-state index is -0.752. The standard InChI is InChI=1S/C13H9ClO4/c14-9-5-2-1-4-8(9)13(17)18-12-10(15)6-3-7-11(12)16/h1-7,15-16H. The second-order valence-electron chi connectivity index (χ2n) is 3.49. The maximum absolute atomic E-state index is 11.8. The van der Waals surface area contributed by atoms with Crippen LogP contribution < -0.4 is 4.74 Å². The molecule has 0 unspecified atom stereocenters. The largest absolute Gasteiger partial charge is 0.504 e. The van der Waals surface area contributed by atoms with Crippen molar-refractivity contribution >= 4 is 17.6 Å². The Labute approximate surface area is 108 Å². The number of hydrogen-bond acceptors (Lipinski definition) is 4. The Kier molecular flexibility index (Phi) is 3.39. The summed E-state index contributed by atoms with van der Waals surface area (Å²) in [6, 6.07) is 10.4. The lowest BCUT2D eigenvalue weighted by atomic mass is 10.2. The highest BCUT2D eigenvalue weighted by Crippen LogP contribution is 2.35. The summed E-state index contributed by atoms with van der Waals surface area (Å²) in [7, 11) is 0. The number of rotatable bonds is 2. The number of phenols is 2. The van der Waals surface area contributed by atoms with Gasteiger partial charge in [-0.05, 0) is 24.3 Å².